The number of nitrogens with one attached hydrogen (secondary N) is 2. The van der Waals surface area contributed by atoms with Gasteiger partial charge in [-0.2, -0.15) is 0 Å². The minimum Gasteiger partial charge on any atom is -0.342 e. The van der Waals surface area contributed by atoms with Crippen LogP contribution < -0.4 is 10.6 Å². The third-order valence-corrected chi connectivity index (χ3v) is 4.38. The predicted octanol–water partition coefficient (Wildman–Crippen LogP) is 1.88. The van der Waals surface area contributed by atoms with Crippen molar-refractivity contribution in [3.63, 3.8) is 0 Å². The minimum atomic E-state index is -0.334. The summed E-state index contributed by atoms with van der Waals surface area (Å²) in [5.74, 6) is 1.53. The molecule has 138 valence electrons. The van der Waals surface area contributed by atoms with Crippen molar-refractivity contribution in [2.75, 3.05) is 25.0 Å². The van der Waals surface area contributed by atoms with Gasteiger partial charge in [-0.05, 0) is 25.0 Å². The average Bonchev–Trinajstić information content (AvgIpc) is 2.65. The quantitative estimate of drug-likeness (QED) is 0.792. The first-order chi connectivity index (χ1) is 12.4. The summed E-state index contributed by atoms with van der Waals surface area (Å²) in [6, 6.07) is 6.80. The fourth-order valence-electron chi connectivity index (χ4n) is 3.01. The van der Waals surface area contributed by atoms with E-state index in [1.807, 2.05) is 13.8 Å². The molecule has 0 aliphatic carbocycles. The van der Waals surface area contributed by atoms with Gasteiger partial charge in [-0.25, -0.2) is 0 Å². The maximum atomic E-state index is 12.7. The van der Waals surface area contributed by atoms with E-state index in [9.17, 15) is 14.4 Å². The number of anilines is 1. The van der Waals surface area contributed by atoms with E-state index in [-0.39, 0.29) is 36.1 Å². The van der Waals surface area contributed by atoms with Crippen LogP contribution >= 0.6 is 0 Å². The molecule has 1 atom stereocenters. The van der Waals surface area contributed by atoms with E-state index in [4.69, 9.17) is 6.42 Å². The lowest BCUT2D eigenvalue weighted by Gasteiger charge is -2.33. The number of likely N-dealkylation sites (tertiary alicyclic amines) is 1. The SMILES string of the molecule is C#CCNC(=O)c1ccccc1NC(=O)C1CCCN(C(=O)C(C)C)C1. The van der Waals surface area contributed by atoms with E-state index in [1.54, 1.807) is 29.2 Å². The van der Waals surface area contributed by atoms with Crippen molar-refractivity contribution < 1.29 is 14.4 Å². The normalized spacial score (nSPS) is 16.7. The van der Waals surface area contributed by atoms with Crippen molar-refractivity contribution in [1.82, 2.24) is 10.2 Å². The molecule has 0 radical (unpaired) electrons. The Morgan fingerprint density at radius 1 is 1.31 bits per heavy atom. The van der Waals surface area contributed by atoms with Crippen molar-refractivity contribution in [3.8, 4) is 12.3 Å². The van der Waals surface area contributed by atoms with Crippen LogP contribution in [0.4, 0.5) is 5.69 Å². The average molecular weight is 355 g/mol. The van der Waals surface area contributed by atoms with Gasteiger partial charge in [0.1, 0.15) is 0 Å². The number of hydrogen-bond donors (Lipinski definition) is 2. The van der Waals surface area contributed by atoms with Crippen molar-refractivity contribution >= 4 is 23.4 Å². The number of terminal acetylenes is 1. The minimum absolute atomic E-state index is 0.0663. The van der Waals surface area contributed by atoms with E-state index in [2.05, 4.69) is 16.6 Å². The molecule has 1 aliphatic heterocycles. The second-order valence-corrected chi connectivity index (χ2v) is 6.70. The number of para-hydroxylation sites is 1. The molecular weight excluding hydrogens is 330 g/mol. The maximum absolute atomic E-state index is 12.7. The van der Waals surface area contributed by atoms with Crippen LogP contribution in [0.3, 0.4) is 0 Å². The molecule has 2 rings (SSSR count). The van der Waals surface area contributed by atoms with Crippen LogP contribution in [0.5, 0.6) is 0 Å². The Morgan fingerprint density at radius 2 is 2.04 bits per heavy atom. The Labute approximate surface area is 154 Å². The van der Waals surface area contributed by atoms with Gasteiger partial charge in [0.2, 0.25) is 11.8 Å². The molecule has 2 N–H and O–H groups in total. The fraction of sp³-hybridized carbons (Fsp3) is 0.450. The lowest BCUT2D eigenvalue weighted by molar-refractivity contribution is -0.137. The van der Waals surface area contributed by atoms with Gasteiger partial charge in [0, 0.05) is 19.0 Å². The Kier molecular flexibility index (Phi) is 6.79. The number of carbonyl (C=O) groups is 3. The third kappa shape index (κ3) is 4.85. The molecule has 0 bridgehead atoms. The van der Waals surface area contributed by atoms with Crippen LogP contribution in [0, 0.1) is 24.2 Å². The summed E-state index contributed by atoms with van der Waals surface area (Å²) in [6.07, 6.45) is 6.68. The van der Waals surface area contributed by atoms with Crippen molar-refractivity contribution in [3.05, 3.63) is 29.8 Å². The molecule has 0 spiro atoms. The highest BCUT2D eigenvalue weighted by Crippen LogP contribution is 2.22. The van der Waals surface area contributed by atoms with Gasteiger partial charge in [-0.3, -0.25) is 14.4 Å². The molecule has 6 nitrogen and oxygen atoms in total. The Hall–Kier alpha value is -2.81. The molecule has 26 heavy (non-hydrogen) atoms. The third-order valence-electron chi connectivity index (χ3n) is 4.38. The highest BCUT2D eigenvalue weighted by Gasteiger charge is 2.29. The lowest BCUT2D eigenvalue weighted by Crippen LogP contribution is -2.45. The number of carbonyl (C=O) groups excluding carboxylic acids is 3. The van der Waals surface area contributed by atoms with Crippen molar-refractivity contribution in [1.29, 1.82) is 0 Å². The summed E-state index contributed by atoms with van der Waals surface area (Å²) in [4.78, 5) is 38.8. The zero-order valence-electron chi connectivity index (χ0n) is 15.2. The van der Waals surface area contributed by atoms with Gasteiger partial charge in [0.15, 0.2) is 0 Å². The van der Waals surface area contributed by atoms with E-state index in [0.717, 1.165) is 12.8 Å². The zero-order chi connectivity index (χ0) is 19.1. The number of piperidine rings is 1. The molecular formula is C20H25N3O3. The molecule has 0 aromatic heterocycles. The van der Waals surface area contributed by atoms with Crippen molar-refractivity contribution in [2.45, 2.75) is 26.7 Å². The summed E-state index contributed by atoms with van der Waals surface area (Å²) in [5.41, 5.74) is 0.807. The van der Waals surface area contributed by atoms with E-state index >= 15 is 0 Å². The van der Waals surface area contributed by atoms with Gasteiger partial charge in [0.25, 0.3) is 5.91 Å². The first-order valence-electron chi connectivity index (χ1n) is 8.84. The van der Waals surface area contributed by atoms with Crippen LogP contribution in [0.2, 0.25) is 0 Å². The Balaban J connectivity index is 2.07. The van der Waals surface area contributed by atoms with Crippen LogP contribution in [0.1, 0.15) is 37.0 Å². The molecule has 1 fully saturated rings. The number of rotatable bonds is 5. The largest absolute Gasteiger partial charge is 0.342 e. The van der Waals surface area contributed by atoms with Gasteiger partial charge in [-0.1, -0.05) is 31.9 Å². The summed E-state index contributed by atoms with van der Waals surface area (Å²) in [6.45, 7) is 4.93. The van der Waals surface area contributed by atoms with Crippen LogP contribution in [-0.2, 0) is 9.59 Å². The van der Waals surface area contributed by atoms with Gasteiger partial charge < -0.3 is 15.5 Å². The smallest absolute Gasteiger partial charge is 0.254 e. The van der Waals surface area contributed by atoms with Crippen LogP contribution in [0.25, 0.3) is 0 Å². The molecule has 1 unspecified atom stereocenters. The number of nitrogens with zero attached hydrogens (tertiary/aromatic N) is 1. The van der Waals surface area contributed by atoms with Gasteiger partial charge in [-0.15, -0.1) is 6.42 Å². The lowest BCUT2D eigenvalue weighted by atomic mass is 9.96. The summed E-state index contributed by atoms with van der Waals surface area (Å²) >= 11 is 0. The monoisotopic (exact) mass is 355 g/mol. The van der Waals surface area contributed by atoms with Crippen LogP contribution in [0.15, 0.2) is 24.3 Å². The molecule has 0 saturated carbocycles. The molecule has 1 aliphatic rings. The van der Waals surface area contributed by atoms with E-state index < -0.39 is 0 Å². The van der Waals surface area contributed by atoms with Crippen LogP contribution in [-0.4, -0.2) is 42.3 Å². The molecule has 1 aromatic carbocycles. The first kappa shape index (κ1) is 19.5. The maximum Gasteiger partial charge on any atom is 0.254 e. The molecule has 3 amide bonds. The summed E-state index contributed by atoms with van der Waals surface area (Å²) < 4.78 is 0. The molecule has 6 heteroatoms. The van der Waals surface area contributed by atoms with Gasteiger partial charge >= 0.3 is 0 Å². The fourth-order valence-corrected chi connectivity index (χ4v) is 3.01. The number of amides is 3. The summed E-state index contributed by atoms with van der Waals surface area (Å²) in [5, 5.41) is 5.43. The second-order valence-electron chi connectivity index (χ2n) is 6.70. The Morgan fingerprint density at radius 3 is 2.73 bits per heavy atom. The highest BCUT2D eigenvalue weighted by atomic mass is 16.2. The second kappa shape index (κ2) is 9.04. The Bertz CT molecular complexity index is 721. The van der Waals surface area contributed by atoms with E-state index in [0.29, 0.717) is 24.3 Å². The standard InChI is InChI=1S/C20H25N3O3/c1-4-11-21-19(25)16-9-5-6-10-17(16)22-18(24)15-8-7-12-23(13-15)20(26)14(2)3/h1,5-6,9-10,14-15H,7-8,11-13H2,2-3H3,(H,21,25)(H,22,24). The first-order valence-corrected chi connectivity index (χ1v) is 8.84. The predicted molar refractivity (Wildman–Crippen MR) is 100 cm³/mol. The van der Waals surface area contributed by atoms with Crippen molar-refractivity contribution in [2.24, 2.45) is 11.8 Å². The molecule has 1 saturated heterocycles. The number of benzene rings is 1. The zero-order valence-corrected chi connectivity index (χ0v) is 15.2. The van der Waals surface area contributed by atoms with Gasteiger partial charge in [0.05, 0.1) is 23.7 Å². The molecule has 1 heterocycles. The van der Waals surface area contributed by atoms with E-state index in [1.165, 1.54) is 0 Å². The molecule has 1 aromatic rings. The summed E-state index contributed by atoms with van der Waals surface area (Å²) in [7, 11) is 0. The topological polar surface area (TPSA) is 78.5 Å². The number of hydrogen-bond acceptors (Lipinski definition) is 3. The highest BCUT2D eigenvalue weighted by molar-refractivity contribution is 6.04.